The first-order chi connectivity index (χ1) is 67.3. The van der Waals surface area contributed by atoms with E-state index in [1.807, 2.05) is 80.0 Å². The summed E-state index contributed by atoms with van der Waals surface area (Å²) in [7, 11) is -30.1. The lowest BCUT2D eigenvalue weighted by Gasteiger charge is -2.26. The van der Waals surface area contributed by atoms with Crippen LogP contribution in [0.5, 0.6) is 23.0 Å². The molecular formula is C90H118N20O24P4S6. The van der Waals surface area contributed by atoms with E-state index in [1.54, 1.807) is 69.7 Å². The number of amidine groups is 4. The molecule has 54 heteroatoms. The largest absolute Gasteiger partial charge is 0.505 e. The number of aryl methyl sites for hydroxylation is 5. The molecule has 4 aromatic carbocycles. The number of fused-ring (bicyclic) bond motifs is 4. The highest BCUT2D eigenvalue weighted by atomic mass is 32.2. The molecule has 4 aliphatic heterocycles. The molecule has 0 bridgehead atoms. The monoisotopic (exact) mass is 2180 g/mol. The molecule has 4 unspecified atom stereocenters. The summed E-state index contributed by atoms with van der Waals surface area (Å²) in [5.74, 6) is -1.65. The molecule has 0 spiro atoms. The predicted molar refractivity (Wildman–Crippen MR) is 570 cm³/mol. The zero-order valence-corrected chi connectivity index (χ0v) is 91.1. The van der Waals surface area contributed by atoms with Gasteiger partial charge in [0.1, 0.15) is 45.0 Å². The quantitative estimate of drug-likeness (QED) is 0.0167. The van der Waals surface area contributed by atoms with Crippen molar-refractivity contribution in [3.05, 3.63) is 188 Å². The molecule has 144 heavy (non-hydrogen) atoms. The maximum atomic E-state index is 14.0. The molecule has 0 saturated carbocycles. The topological polar surface area (TPSA) is 608 Å². The Kier molecular flexibility index (Phi) is 35.7. The van der Waals surface area contributed by atoms with Crippen LogP contribution in [0.4, 0.5) is 45.5 Å². The Balaban J connectivity index is 0.000000183. The number of rotatable bonds is 34. The van der Waals surface area contributed by atoms with Gasteiger partial charge in [0.05, 0.1) is 95.4 Å². The smallest absolute Gasteiger partial charge is 0.348 e. The molecular weight excluding hydrogens is 2060 g/mol. The second kappa shape index (κ2) is 45.6. The van der Waals surface area contributed by atoms with Gasteiger partial charge in [0, 0.05) is 70.8 Å². The fourth-order valence-corrected chi connectivity index (χ4v) is 25.3. The van der Waals surface area contributed by atoms with E-state index < -0.39 is 110 Å². The molecule has 0 fully saturated rings. The lowest BCUT2D eigenvalue weighted by molar-refractivity contribution is 0.334. The highest BCUT2D eigenvalue weighted by Gasteiger charge is 2.43. The maximum absolute atomic E-state index is 14.0. The van der Waals surface area contributed by atoms with Crippen molar-refractivity contribution in [1.82, 2.24) is 39.1 Å². The van der Waals surface area contributed by atoms with Crippen LogP contribution in [0.2, 0.25) is 0 Å². The van der Waals surface area contributed by atoms with Gasteiger partial charge in [0.15, 0.2) is 46.3 Å². The lowest BCUT2D eigenvalue weighted by atomic mass is 9.92. The fourth-order valence-electron chi connectivity index (χ4n) is 14.6. The molecule has 4 atom stereocenters. The first-order valence-corrected chi connectivity index (χ1v) is 61.1. The van der Waals surface area contributed by atoms with Crippen LogP contribution < -0.4 is 83.6 Å². The van der Waals surface area contributed by atoms with Gasteiger partial charge in [-0.25, -0.2) is 52.4 Å². The highest BCUT2D eigenvalue weighted by Crippen LogP contribution is 2.57. The molecule has 0 aliphatic carbocycles. The second-order valence-corrected chi connectivity index (χ2v) is 52.6. The predicted octanol–water partition coefficient (Wildman–Crippen LogP) is 14.0. The average Bonchev–Trinajstić information content (AvgIpc) is 0.908. The summed E-state index contributed by atoms with van der Waals surface area (Å²) in [5.41, 5.74) is 0.965. The van der Waals surface area contributed by atoms with Crippen molar-refractivity contribution in [2.75, 3.05) is 91.6 Å². The molecule has 10 heterocycles. The number of thiophene rings is 2. The number of benzene rings is 4. The maximum Gasteiger partial charge on any atom is 0.348 e. The Bertz CT molecular complexity index is 7710. The van der Waals surface area contributed by atoms with E-state index in [1.165, 1.54) is 114 Å². The highest BCUT2D eigenvalue weighted by molar-refractivity contribution is 7.92. The van der Waals surface area contributed by atoms with E-state index in [0.717, 1.165) is 25.0 Å². The molecule has 4 aliphatic rings. The van der Waals surface area contributed by atoms with E-state index in [-0.39, 0.29) is 150 Å². The van der Waals surface area contributed by atoms with E-state index >= 15 is 0 Å². The van der Waals surface area contributed by atoms with Gasteiger partial charge in [0.25, 0.3) is 22.2 Å². The summed E-state index contributed by atoms with van der Waals surface area (Å²) in [6, 6.07) is 21.0. The zero-order chi connectivity index (χ0) is 106. The second-order valence-electron chi connectivity index (χ2n) is 36.1. The Morgan fingerprint density at radius 3 is 0.986 bits per heavy atom. The summed E-state index contributed by atoms with van der Waals surface area (Å²) < 4.78 is 203. The molecule has 10 aromatic rings. The Morgan fingerprint density at radius 2 is 0.715 bits per heavy atom. The Labute approximate surface area is 841 Å². The van der Waals surface area contributed by atoms with Gasteiger partial charge < -0.3 is 59.8 Å². The molecule has 14 rings (SSSR count). The van der Waals surface area contributed by atoms with Crippen LogP contribution in [0, 0.1) is 16.7 Å². The normalized spacial score (nSPS) is 17.6. The van der Waals surface area contributed by atoms with Crippen LogP contribution >= 0.6 is 52.8 Å². The van der Waals surface area contributed by atoms with Crippen LogP contribution in [0.1, 0.15) is 170 Å². The molecule has 6 aromatic heterocycles. The average molecular weight is 2180 g/mol. The number of anilines is 8. The summed E-state index contributed by atoms with van der Waals surface area (Å²) in [4.78, 5) is 53.7. The van der Waals surface area contributed by atoms with Crippen molar-refractivity contribution in [2.45, 2.75) is 169 Å². The van der Waals surface area contributed by atoms with Gasteiger partial charge in [-0.15, -0.1) is 0 Å². The summed E-state index contributed by atoms with van der Waals surface area (Å²) in [6.45, 7) is 29.9. The standard InChI is InChI=1S/C24H30N5O6PS2.C23H28N5O6PS2.C23H32N5O6PS.C20H28N5O6PS/c1-6-35-36(32)18-13-16(28-38(5,33)34)7-8-17(18)25-22(27-36)19-21(30)20(15-9-12-37-14-15)26-29(23(19)31)11-10-24(2,3)4;1-5-34-35(31)18-12-16(27-37(4,32)33)6-7-17(18)24-22(26-35)19-21(29)20(15-9-11-36-13-15)25-28(23(19)30)10-8-14(2)3;1-7-9-17-20(29)19(22(30)28(25-17)13-12-23(3,4)5)21-24-16-11-10-15(27-36(6,32)33)14-18(16)35(31,26-21)34-8-2;1-5-8-15-18(26)17(20(27)25(22-15)11-6-2)19-21-14-10-9-13(24-33(4,29)30)12-16(14)32(28,23-19)31-7-3/h7-9,12-14,28,30H,6,10-11H2,1-5H3,(H,25,27,32);6-7,9,11-14,27,29H,5,8,10H2,1-4H3,(H,24,26,31);7,9-11,14,27,29H,8,12-13H2,1-6H3,(H,24,26,31);9-10,12,24,26H,5-8,11H2,1-4H3,(H,21,23,28)/b;;9-7+;. The van der Waals surface area contributed by atoms with E-state index in [2.05, 4.69) is 79.6 Å². The van der Waals surface area contributed by atoms with E-state index in [4.69, 9.17) is 18.1 Å². The van der Waals surface area contributed by atoms with E-state index in [9.17, 15) is 91.5 Å². The van der Waals surface area contributed by atoms with Gasteiger partial charge in [-0.3, -0.25) is 56.3 Å². The van der Waals surface area contributed by atoms with Crippen molar-refractivity contribution in [3.63, 3.8) is 0 Å². The van der Waals surface area contributed by atoms with Gasteiger partial charge in [-0.2, -0.15) is 62.1 Å². The molecule has 12 N–H and O–H groups in total. The number of aromatic hydroxyl groups is 4. The van der Waals surface area contributed by atoms with E-state index in [0.29, 0.717) is 110 Å². The van der Waals surface area contributed by atoms with Gasteiger partial charge in [-0.05, 0) is 185 Å². The van der Waals surface area contributed by atoms with Crippen molar-refractivity contribution >= 4 is 189 Å². The third-order valence-electron chi connectivity index (χ3n) is 21.0. The molecule has 0 saturated heterocycles. The molecule has 0 amide bonds. The number of hydrogen-bond donors (Lipinski definition) is 12. The number of sulfonamides is 4. The summed E-state index contributed by atoms with van der Waals surface area (Å²) in [6.07, 6.45) is 11.0. The summed E-state index contributed by atoms with van der Waals surface area (Å²) >= 11 is 2.83. The van der Waals surface area contributed by atoms with Crippen LogP contribution in [-0.4, -0.2) is 168 Å². The first kappa shape index (κ1) is 113. The third kappa shape index (κ3) is 27.8. The first-order valence-electron chi connectivity index (χ1n) is 45.3. The fraction of sp³-hybridized carbons (Fsp3) is 0.400. The minimum atomic E-state index is -3.98. The van der Waals surface area contributed by atoms with Crippen molar-refractivity contribution in [2.24, 2.45) is 35.8 Å². The lowest BCUT2D eigenvalue weighted by Crippen LogP contribution is -2.35. The van der Waals surface area contributed by atoms with Crippen molar-refractivity contribution in [3.8, 4) is 45.5 Å². The van der Waals surface area contributed by atoms with Crippen LogP contribution in [0.25, 0.3) is 28.6 Å². The minimum absolute atomic E-state index is 0.0372. The number of hydrogen-bond acceptors (Lipinski definition) is 34. The van der Waals surface area contributed by atoms with Crippen LogP contribution in [0.15, 0.2) is 151 Å². The zero-order valence-electron chi connectivity index (χ0n) is 82.6. The van der Waals surface area contributed by atoms with Gasteiger partial charge >= 0.3 is 30.1 Å². The number of nitrogens with zero attached hydrogens (tertiary/aromatic N) is 12. The number of nitrogens with one attached hydrogen (secondary N) is 8. The molecule has 778 valence electrons. The third-order valence-corrected chi connectivity index (χ3v) is 33.0. The molecule has 44 nitrogen and oxygen atoms in total. The summed E-state index contributed by atoms with van der Waals surface area (Å²) in [5, 5.41) is 81.5. The Morgan fingerprint density at radius 1 is 0.417 bits per heavy atom. The van der Waals surface area contributed by atoms with Gasteiger partial charge in [0.2, 0.25) is 40.1 Å². The molecule has 0 radical (unpaired) electrons. The Hall–Kier alpha value is -11.6. The van der Waals surface area contributed by atoms with Crippen molar-refractivity contribution in [1.29, 1.82) is 0 Å². The van der Waals surface area contributed by atoms with Crippen molar-refractivity contribution < 1.29 is 90.5 Å². The SMILES string of the molecule is C/C=C/c1nn(CCC(C)(C)C)c(=O)c(C2=NP(=O)(OCC)c3cc(NS(C)(=O)=O)ccc3N2)c1O.CCCc1nn(CCC)c(=O)c(C2=NP(=O)(OCC)c3cc(NS(C)(=O)=O)ccc3N2)c1O.CCOP1(=O)N=C(c2c(O)c(-c3ccsc3)nn(CCC(C)(C)C)c2=O)Nc2ccc(NS(C)(=O)=O)cc21.CCOP1(=O)N=C(c2c(O)c(-c3ccsc3)nn(CCC(C)C)c2=O)Nc2ccc(NS(C)(=O)=O)cc21. The number of allylic oxidation sites excluding steroid dienone is 1. The van der Waals surface area contributed by atoms with Crippen LogP contribution in [0.3, 0.4) is 0 Å². The van der Waals surface area contributed by atoms with Crippen LogP contribution in [-0.2, 0) is 109 Å². The minimum Gasteiger partial charge on any atom is -0.505 e. The van der Waals surface area contributed by atoms with Gasteiger partial charge in [-0.1, -0.05) is 81.7 Å². The number of aromatic nitrogens is 8.